The predicted molar refractivity (Wildman–Crippen MR) is 62.5 cm³/mol. The lowest BCUT2D eigenvalue weighted by Crippen LogP contribution is -2.24. The number of ether oxygens (including phenoxy) is 3. The molecule has 1 aliphatic rings. The minimum Gasteiger partial charge on any atom is -0.454 e. The molecule has 3 N–H and O–H groups in total. The first kappa shape index (κ1) is 14.3. The zero-order chi connectivity index (χ0) is 14.8. The number of amides is 1. The molecule has 0 saturated heterocycles. The lowest BCUT2D eigenvalue weighted by atomic mass is 10.2. The average Bonchev–Trinajstić information content (AvgIpc) is 2.74. The molecule has 0 spiro atoms. The number of hydrogen-bond donors (Lipinski definition) is 2. The molecule has 0 saturated carbocycles. The highest BCUT2D eigenvalue weighted by molar-refractivity contribution is 5.95. The van der Waals surface area contributed by atoms with Gasteiger partial charge in [0.1, 0.15) is 13.2 Å². The van der Waals surface area contributed by atoms with Gasteiger partial charge in [-0.05, 0) is 0 Å². The maximum atomic E-state index is 11.8. The molecule has 6 nitrogen and oxygen atoms in total. The fourth-order valence-electron chi connectivity index (χ4n) is 1.51. The van der Waals surface area contributed by atoms with E-state index in [9.17, 15) is 18.0 Å². The Kier molecular flexibility index (Phi) is 3.89. The summed E-state index contributed by atoms with van der Waals surface area (Å²) in [5, 5.41) is 2.33. The van der Waals surface area contributed by atoms with Crippen LogP contribution in [-0.4, -0.2) is 32.1 Å². The van der Waals surface area contributed by atoms with Crippen molar-refractivity contribution in [3.8, 4) is 11.5 Å². The Morgan fingerprint density at radius 3 is 2.65 bits per heavy atom. The van der Waals surface area contributed by atoms with Crippen molar-refractivity contribution >= 4 is 17.3 Å². The van der Waals surface area contributed by atoms with E-state index in [-0.39, 0.29) is 18.2 Å². The number of anilines is 2. The van der Waals surface area contributed by atoms with E-state index in [1.54, 1.807) is 0 Å². The van der Waals surface area contributed by atoms with Gasteiger partial charge in [-0.2, -0.15) is 13.2 Å². The van der Waals surface area contributed by atoms with E-state index in [0.717, 1.165) is 0 Å². The van der Waals surface area contributed by atoms with Crippen LogP contribution in [0.1, 0.15) is 0 Å². The third-order valence-corrected chi connectivity index (χ3v) is 2.32. The molecule has 20 heavy (non-hydrogen) atoms. The number of carbonyl (C=O) groups is 1. The first-order valence-electron chi connectivity index (χ1n) is 5.48. The van der Waals surface area contributed by atoms with Crippen LogP contribution in [0.25, 0.3) is 0 Å². The normalized spacial score (nSPS) is 13.3. The Balaban J connectivity index is 1.91. The third-order valence-electron chi connectivity index (χ3n) is 2.32. The highest BCUT2D eigenvalue weighted by Gasteiger charge is 2.27. The minimum absolute atomic E-state index is 0.0425. The quantitative estimate of drug-likeness (QED) is 0.822. The van der Waals surface area contributed by atoms with Gasteiger partial charge < -0.3 is 25.3 Å². The van der Waals surface area contributed by atoms with E-state index in [0.29, 0.717) is 11.5 Å². The van der Waals surface area contributed by atoms with Gasteiger partial charge in [-0.15, -0.1) is 0 Å². The van der Waals surface area contributed by atoms with Gasteiger partial charge in [-0.1, -0.05) is 0 Å². The monoisotopic (exact) mass is 292 g/mol. The number of alkyl halides is 3. The lowest BCUT2D eigenvalue weighted by molar-refractivity contribution is -0.174. The van der Waals surface area contributed by atoms with Crippen molar-refractivity contribution in [2.75, 3.05) is 31.1 Å². The van der Waals surface area contributed by atoms with E-state index in [2.05, 4.69) is 10.1 Å². The van der Waals surface area contributed by atoms with Gasteiger partial charge >= 0.3 is 6.18 Å². The zero-order valence-electron chi connectivity index (χ0n) is 10.1. The van der Waals surface area contributed by atoms with Gasteiger partial charge in [-0.3, -0.25) is 4.79 Å². The smallest absolute Gasteiger partial charge is 0.411 e. The van der Waals surface area contributed by atoms with Gasteiger partial charge in [-0.25, -0.2) is 0 Å². The molecule has 1 amide bonds. The molecule has 0 atom stereocenters. The summed E-state index contributed by atoms with van der Waals surface area (Å²) in [6.07, 6.45) is -4.47. The van der Waals surface area contributed by atoms with Gasteiger partial charge in [0.25, 0.3) is 0 Å². The SMILES string of the molecule is Nc1cc2c(cc1NC(=O)COCC(F)(F)F)OCO2. The van der Waals surface area contributed by atoms with Crippen molar-refractivity contribution in [3.05, 3.63) is 12.1 Å². The van der Waals surface area contributed by atoms with Crippen molar-refractivity contribution in [2.24, 2.45) is 0 Å². The Morgan fingerprint density at radius 1 is 1.35 bits per heavy atom. The summed E-state index contributed by atoms with van der Waals surface area (Å²) in [7, 11) is 0. The maximum Gasteiger partial charge on any atom is 0.411 e. The molecular weight excluding hydrogens is 281 g/mol. The molecule has 1 aliphatic heterocycles. The molecule has 0 radical (unpaired) electrons. The molecule has 0 fully saturated rings. The zero-order valence-corrected chi connectivity index (χ0v) is 10.1. The summed E-state index contributed by atoms with van der Waals surface area (Å²) in [5.41, 5.74) is 6.09. The number of halogens is 3. The first-order chi connectivity index (χ1) is 9.35. The van der Waals surface area contributed by atoms with Crippen molar-refractivity contribution in [1.29, 1.82) is 0 Å². The van der Waals surface area contributed by atoms with Crippen LogP contribution in [0.15, 0.2) is 12.1 Å². The van der Waals surface area contributed by atoms with Gasteiger partial charge in [0.2, 0.25) is 12.7 Å². The summed E-state index contributed by atoms with van der Waals surface area (Å²) in [6, 6.07) is 2.88. The summed E-state index contributed by atoms with van der Waals surface area (Å²) in [6.45, 7) is -2.18. The van der Waals surface area contributed by atoms with Crippen molar-refractivity contribution in [3.63, 3.8) is 0 Å². The van der Waals surface area contributed by atoms with E-state index in [4.69, 9.17) is 15.2 Å². The van der Waals surface area contributed by atoms with Crippen molar-refractivity contribution < 1.29 is 32.2 Å². The highest BCUT2D eigenvalue weighted by atomic mass is 19.4. The Bertz CT molecular complexity index is 519. The molecule has 9 heteroatoms. The Labute approximate surface area is 111 Å². The van der Waals surface area contributed by atoms with Crippen LogP contribution in [-0.2, 0) is 9.53 Å². The fraction of sp³-hybridized carbons (Fsp3) is 0.364. The number of nitrogens with one attached hydrogen (secondary N) is 1. The highest BCUT2D eigenvalue weighted by Crippen LogP contribution is 2.38. The summed E-state index contributed by atoms with van der Waals surface area (Å²) in [4.78, 5) is 11.4. The average molecular weight is 292 g/mol. The van der Waals surface area contributed by atoms with Gasteiger partial charge in [0, 0.05) is 12.1 Å². The molecule has 110 valence electrons. The largest absolute Gasteiger partial charge is 0.454 e. The van der Waals surface area contributed by atoms with Gasteiger partial charge in [0.15, 0.2) is 11.5 Å². The lowest BCUT2D eigenvalue weighted by Gasteiger charge is -2.10. The molecule has 2 rings (SSSR count). The standard InChI is InChI=1S/C11H11F3N2O4/c12-11(13,14)4-18-3-10(17)16-7-2-9-8(1-6(7)15)19-5-20-9/h1-2H,3-5,15H2,(H,16,17). The van der Waals surface area contributed by atoms with E-state index in [1.165, 1.54) is 12.1 Å². The third kappa shape index (κ3) is 3.67. The number of fused-ring (bicyclic) bond motifs is 1. The van der Waals surface area contributed by atoms with Crippen LogP contribution < -0.4 is 20.5 Å². The Hall–Kier alpha value is -2.16. The number of hydrogen-bond acceptors (Lipinski definition) is 5. The van der Waals surface area contributed by atoms with Crippen LogP contribution >= 0.6 is 0 Å². The van der Waals surface area contributed by atoms with E-state index < -0.39 is 25.3 Å². The van der Waals surface area contributed by atoms with Crippen LogP contribution in [0, 0.1) is 0 Å². The molecule has 1 aromatic rings. The number of rotatable bonds is 4. The second-order valence-corrected chi connectivity index (χ2v) is 3.95. The van der Waals surface area contributed by atoms with Crippen molar-refractivity contribution in [2.45, 2.75) is 6.18 Å². The number of benzene rings is 1. The van der Waals surface area contributed by atoms with E-state index in [1.807, 2.05) is 0 Å². The number of nitrogens with two attached hydrogens (primary N) is 1. The summed E-state index contributed by atoms with van der Waals surface area (Å²) in [5.74, 6) is 0.0827. The number of carbonyl (C=O) groups excluding carboxylic acids is 1. The Morgan fingerprint density at radius 2 is 2.00 bits per heavy atom. The second kappa shape index (κ2) is 5.45. The van der Waals surface area contributed by atoms with Crippen molar-refractivity contribution in [1.82, 2.24) is 0 Å². The molecule has 1 heterocycles. The van der Waals surface area contributed by atoms with Crippen LogP contribution in [0.3, 0.4) is 0 Å². The molecule has 1 aromatic carbocycles. The topological polar surface area (TPSA) is 82.8 Å². The maximum absolute atomic E-state index is 11.8. The fourth-order valence-corrected chi connectivity index (χ4v) is 1.51. The van der Waals surface area contributed by atoms with Crippen LogP contribution in [0.4, 0.5) is 24.5 Å². The summed E-state index contributed by atoms with van der Waals surface area (Å²) >= 11 is 0. The van der Waals surface area contributed by atoms with Gasteiger partial charge in [0.05, 0.1) is 11.4 Å². The first-order valence-corrected chi connectivity index (χ1v) is 5.48. The molecule has 0 bridgehead atoms. The summed E-state index contributed by atoms with van der Waals surface area (Å²) < 4.78 is 49.9. The number of nitrogen functional groups attached to an aromatic ring is 1. The van der Waals surface area contributed by atoms with Crippen LogP contribution in [0.2, 0.25) is 0 Å². The molecule has 0 unspecified atom stereocenters. The molecule has 0 aliphatic carbocycles. The molecular formula is C11H11F3N2O4. The minimum atomic E-state index is -4.47. The van der Waals surface area contributed by atoms with E-state index >= 15 is 0 Å². The predicted octanol–water partition coefficient (Wildman–Crippen LogP) is 1.51. The molecule has 0 aromatic heterocycles. The second-order valence-electron chi connectivity index (χ2n) is 3.95. The van der Waals surface area contributed by atoms with Crippen LogP contribution in [0.5, 0.6) is 11.5 Å².